The lowest BCUT2D eigenvalue weighted by atomic mass is 10.1. The van der Waals surface area contributed by atoms with Crippen LogP contribution in [0.15, 0.2) is 6.33 Å². The Morgan fingerprint density at radius 1 is 1.50 bits per heavy atom. The summed E-state index contributed by atoms with van der Waals surface area (Å²) < 4.78 is 11.0. The summed E-state index contributed by atoms with van der Waals surface area (Å²) in [4.78, 5) is 10.2. The third kappa shape index (κ3) is 2.81. The molecule has 0 saturated carbocycles. The van der Waals surface area contributed by atoms with Crippen LogP contribution in [0.2, 0.25) is 0 Å². The molecule has 18 heavy (non-hydrogen) atoms. The summed E-state index contributed by atoms with van der Waals surface area (Å²) in [6.45, 7) is 1.63. The summed E-state index contributed by atoms with van der Waals surface area (Å²) in [6, 6.07) is 0. The number of nitrogen functional groups attached to an aromatic ring is 1. The molecule has 1 aromatic heterocycles. The second-order valence-corrected chi connectivity index (χ2v) is 4.48. The lowest BCUT2D eigenvalue weighted by Crippen LogP contribution is -2.34. The summed E-state index contributed by atoms with van der Waals surface area (Å²) in [5, 5.41) is 0. The summed E-state index contributed by atoms with van der Waals surface area (Å²) >= 11 is 0. The summed E-state index contributed by atoms with van der Waals surface area (Å²) in [6.07, 6.45) is 5.18. The van der Waals surface area contributed by atoms with Crippen molar-refractivity contribution in [3.8, 4) is 5.75 Å². The standard InChI is InChI=1S/C12H20N4O2/c1-16(7-9-5-3-4-6-18-9)12-10(17-2)11(13)14-8-15-12/h8-9H,3-7H2,1-2H3,(H2,13,14,15). The number of likely N-dealkylation sites (N-methyl/N-ethyl adjacent to an activating group) is 1. The van der Waals surface area contributed by atoms with Gasteiger partial charge in [-0.3, -0.25) is 0 Å². The van der Waals surface area contributed by atoms with Gasteiger partial charge in [-0.1, -0.05) is 0 Å². The molecule has 6 heteroatoms. The molecule has 0 aromatic carbocycles. The van der Waals surface area contributed by atoms with E-state index in [1.54, 1.807) is 7.11 Å². The zero-order valence-electron chi connectivity index (χ0n) is 10.9. The molecule has 0 amide bonds. The van der Waals surface area contributed by atoms with Crippen molar-refractivity contribution in [2.45, 2.75) is 25.4 Å². The minimum atomic E-state index is 0.254. The fraction of sp³-hybridized carbons (Fsp3) is 0.667. The monoisotopic (exact) mass is 252 g/mol. The maximum absolute atomic E-state index is 5.77. The van der Waals surface area contributed by atoms with Gasteiger partial charge in [0.25, 0.3) is 0 Å². The molecule has 2 N–H and O–H groups in total. The molecule has 0 aliphatic carbocycles. The molecule has 1 aromatic rings. The van der Waals surface area contributed by atoms with E-state index >= 15 is 0 Å². The van der Waals surface area contributed by atoms with Gasteiger partial charge < -0.3 is 20.1 Å². The molecule has 1 atom stereocenters. The van der Waals surface area contributed by atoms with Gasteiger partial charge in [-0.2, -0.15) is 0 Å². The van der Waals surface area contributed by atoms with E-state index in [4.69, 9.17) is 15.2 Å². The van der Waals surface area contributed by atoms with E-state index in [0.29, 0.717) is 17.4 Å². The van der Waals surface area contributed by atoms with Crippen LogP contribution >= 0.6 is 0 Å². The van der Waals surface area contributed by atoms with Crippen molar-refractivity contribution < 1.29 is 9.47 Å². The molecule has 1 unspecified atom stereocenters. The van der Waals surface area contributed by atoms with E-state index in [0.717, 1.165) is 26.0 Å². The van der Waals surface area contributed by atoms with Gasteiger partial charge in [0.15, 0.2) is 11.6 Å². The van der Waals surface area contributed by atoms with Crippen molar-refractivity contribution in [1.29, 1.82) is 0 Å². The van der Waals surface area contributed by atoms with E-state index in [-0.39, 0.29) is 6.10 Å². The number of aromatic nitrogens is 2. The summed E-state index contributed by atoms with van der Waals surface area (Å²) in [7, 11) is 3.53. The SMILES string of the molecule is COc1c(N)ncnc1N(C)CC1CCCCO1. The fourth-order valence-corrected chi connectivity index (χ4v) is 2.19. The van der Waals surface area contributed by atoms with Crippen LogP contribution in [0.25, 0.3) is 0 Å². The van der Waals surface area contributed by atoms with Gasteiger partial charge in [-0.25, -0.2) is 9.97 Å². The Bertz CT molecular complexity index is 394. The zero-order valence-corrected chi connectivity index (χ0v) is 10.9. The van der Waals surface area contributed by atoms with Crippen LogP contribution in [0.1, 0.15) is 19.3 Å². The van der Waals surface area contributed by atoms with Crippen LogP contribution in [-0.4, -0.2) is 43.4 Å². The topological polar surface area (TPSA) is 73.5 Å². The predicted octanol–water partition coefficient (Wildman–Crippen LogP) is 1.07. The summed E-state index contributed by atoms with van der Waals surface area (Å²) in [5.41, 5.74) is 5.77. The highest BCUT2D eigenvalue weighted by molar-refractivity contribution is 5.62. The largest absolute Gasteiger partial charge is 0.490 e. The number of nitrogens with two attached hydrogens (primary N) is 1. The van der Waals surface area contributed by atoms with Gasteiger partial charge in [0.05, 0.1) is 13.2 Å². The zero-order chi connectivity index (χ0) is 13.0. The first-order valence-electron chi connectivity index (χ1n) is 6.19. The van der Waals surface area contributed by atoms with E-state index in [1.807, 2.05) is 11.9 Å². The van der Waals surface area contributed by atoms with Crippen molar-refractivity contribution in [2.24, 2.45) is 0 Å². The first-order chi connectivity index (χ1) is 8.72. The van der Waals surface area contributed by atoms with Crippen molar-refractivity contribution in [3.63, 3.8) is 0 Å². The van der Waals surface area contributed by atoms with Crippen molar-refractivity contribution >= 4 is 11.6 Å². The highest BCUT2D eigenvalue weighted by Gasteiger charge is 2.20. The molecule has 0 spiro atoms. The van der Waals surface area contributed by atoms with Gasteiger partial charge in [0.2, 0.25) is 5.75 Å². The molecular formula is C12H20N4O2. The average Bonchev–Trinajstić information content (AvgIpc) is 2.39. The van der Waals surface area contributed by atoms with Crippen molar-refractivity contribution in [3.05, 3.63) is 6.33 Å². The number of hydrogen-bond acceptors (Lipinski definition) is 6. The Morgan fingerprint density at radius 3 is 3.00 bits per heavy atom. The minimum absolute atomic E-state index is 0.254. The quantitative estimate of drug-likeness (QED) is 0.864. The minimum Gasteiger partial charge on any atom is -0.490 e. The lowest BCUT2D eigenvalue weighted by molar-refractivity contribution is 0.0215. The molecule has 1 saturated heterocycles. The van der Waals surface area contributed by atoms with Crippen LogP contribution in [0, 0.1) is 0 Å². The van der Waals surface area contributed by atoms with E-state index in [2.05, 4.69) is 9.97 Å². The molecule has 6 nitrogen and oxygen atoms in total. The molecule has 2 rings (SSSR count). The van der Waals surface area contributed by atoms with Crippen molar-refractivity contribution in [2.75, 3.05) is 37.9 Å². The first-order valence-corrected chi connectivity index (χ1v) is 6.19. The van der Waals surface area contributed by atoms with E-state index < -0.39 is 0 Å². The van der Waals surface area contributed by atoms with Crippen LogP contribution in [0.3, 0.4) is 0 Å². The number of nitrogens with zero attached hydrogens (tertiary/aromatic N) is 3. The lowest BCUT2D eigenvalue weighted by Gasteiger charge is -2.28. The molecule has 0 radical (unpaired) electrons. The van der Waals surface area contributed by atoms with E-state index in [1.165, 1.54) is 12.7 Å². The van der Waals surface area contributed by atoms with Crippen LogP contribution in [0.4, 0.5) is 11.6 Å². The van der Waals surface area contributed by atoms with E-state index in [9.17, 15) is 0 Å². The first kappa shape index (κ1) is 12.9. The number of ether oxygens (including phenoxy) is 2. The van der Waals surface area contributed by atoms with Crippen LogP contribution in [-0.2, 0) is 4.74 Å². The molecule has 0 bridgehead atoms. The molecule has 1 aliphatic heterocycles. The number of methoxy groups -OCH3 is 1. The Kier molecular flexibility index (Phi) is 4.19. The van der Waals surface area contributed by atoms with Crippen LogP contribution < -0.4 is 15.4 Å². The Balaban J connectivity index is 2.07. The third-order valence-electron chi connectivity index (χ3n) is 3.13. The van der Waals surface area contributed by atoms with Crippen molar-refractivity contribution in [1.82, 2.24) is 9.97 Å². The Labute approximate surface area is 107 Å². The number of anilines is 2. The number of hydrogen-bond donors (Lipinski definition) is 1. The number of rotatable bonds is 4. The highest BCUT2D eigenvalue weighted by Crippen LogP contribution is 2.29. The van der Waals surface area contributed by atoms with Gasteiger partial charge in [0, 0.05) is 20.2 Å². The maximum Gasteiger partial charge on any atom is 0.204 e. The maximum atomic E-state index is 5.77. The van der Waals surface area contributed by atoms with Crippen LogP contribution in [0.5, 0.6) is 5.75 Å². The van der Waals surface area contributed by atoms with Gasteiger partial charge >= 0.3 is 0 Å². The second kappa shape index (κ2) is 5.86. The predicted molar refractivity (Wildman–Crippen MR) is 69.9 cm³/mol. The molecule has 1 fully saturated rings. The average molecular weight is 252 g/mol. The Hall–Kier alpha value is -1.56. The highest BCUT2D eigenvalue weighted by atomic mass is 16.5. The molecule has 2 heterocycles. The molecule has 100 valence electrons. The van der Waals surface area contributed by atoms with Gasteiger partial charge in [0.1, 0.15) is 6.33 Å². The Morgan fingerprint density at radius 2 is 2.33 bits per heavy atom. The van der Waals surface area contributed by atoms with Gasteiger partial charge in [-0.05, 0) is 19.3 Å². The fourth-order valence-electron chi connectivity index (χ4n) is 2.19. The summed E-state index contributed by atoms with van der Waals surface area (Å²) in [5.74, 6) is 1.59. The second-order valence-electron chi connectivity index (χ2n) is 4.48. The smallest absolute Gasteiger partial charge is 0.204 e. The normalized spacial score (nSPS) is 19.6. The third-order valence-corrected chi connectivity index (χ3v) is 3.13. The molecule has 1 aliphatic rings. The molecular weight excluding hydrogens is 232 g/mol. The van der Waals surface area contributed by atoms with Gasteiger partial charge in [-0.15, -0.1) is 0 Å².